The fourth-order valence-corrected chi connectivity index (χ4v) is 2.68. The van der Waals surface area contributed by atoms with E-state index in [2.05, 4.69) is 5.32 Å². The molecular weight excluding hydrogens is 315 g/mol. The number of benzene rings is 2. The molecule has 0 saturated carbocycles. The third-order valence-electron chi connectivity index (χ3n) is 3.24. The number of halogens is 4. The van der Waals surface area contributed by atoms with Crippen molar-refractivity contribution < 1.29 is 8.78 Å². The van der Waals surface area contributed by atoms with Gasteiger partial charge < -0.3 is 5.32 Å². The standard InChI is InChI=1S/C16H15Cl2F2N/c1-2-21-16(11-4-6-14(19)15(20)7-11)8-10-3-5-12(17)9-13(10)18/h3-7,9,16,21H,2,8H2,1H3. The number of hydrogen-bond acceptors (Lipinski definition) is 1. The van der Waals surface area contributed by atoms with Crippen LogP contribution in [0.4, 0.5) is 8.78 Å². The Kier molecular flexibility index (Phi) is 5.57. The minimum atomic E-state index is -0.849. The van der Waals surface area contributed by atoms with Crippen molar-refractivity contribution in [2.75, 3.05) is 6.54 Å². The predicted molar refractivity (Wildman–Crippen MR) is 82.9 cm³/mol. The molecule has 1 nitrogen and oxygen atoms in total. The molecule has 0 fully saturated rings. The van der Waals surface area contributed by atoms with Crippen molar-refractivity contribution in [2.45, 2.75) is 19.4 Å². The average Bonchev–Trinajstić information content (AvgIpc) is 2.44. The maximum atomic E-state index is 13.4. The van der Waals surface area contributed by atoms with Crippen LogP contribution in [0, 0.1) is 11.6 Å². The normalized spacial score (nSPS) is 12.4. The van der Waals surface area contributed by atoms with E-state index in [9.17, 15) is 8.78 Å². The highest BCUT2D eigenvalue weighted by atomic mass is 35.5. The summed E-state index contributed by atoms with van der Waals surface area (Å²) >= 11 is 12.0. The number of nitrogens with one attached hydrogen (secondary N) is 1. The average molecular weight is 330 g/mol. The number of rotatable bonds is 5. The molecule has 0 amide bonds. The summed E-state index contributed by atoms with van der Waals surface area (Å²) in [4.78, 5) is 0. The van der Waals surface area contributed by atoms with E-state index in [-0.39, 0.29) is 6.04 Å². The number of likely N-dealkylation sites (N-methyl/N-ethyl adjacent to an activating group) is 1. The maximum Gasteiger partial charge on any atom is 0.159 e. The topological polar surface area (TPSA) is 12.0 Å². The highest BCUT2D eigenvalue weighted by molar-refractivity contribution is 6.35. The molecule has 0 aromatic heterocycles. The van der Waals surface area contributed by atoms with Gasteiger partial charge in [-0.25, -0.2) is 8.78 Å². The van der Waals surface area contributed by atoms with Crippen LogP contribution in [-0.2, 0) is 6.42 Å². The lowest BCUT2D eigenvalue weighted by Crippen LogP contribution is -2.23. The van der Waals surface area contributed by atoms with Gasteiger partial charge in [-0.1, -0.05) is 42.3 Å². The van der Waals surface area contributed by atoms with Crippen LogP contribution in [0.1, 0.15) is 24.1 Å². The molecule has 0 aliphatic heterocycles. The lowest BCUT2D eigenvalue weighted by atomic mass is 9.98. The van der Waals surface area contributed by atoms with Gasteiger partial charge in [0.25, 0.3) is 0 Å². The SMILES string of the molecule is CCNC(Cc1ccc(Cl)cc1Cl)c1ccc(F)c(F)c1. The molecule has 1 atom stereocenters. The van der Waals surface area contributed by atoms with Gasteiger partial charge in [0, 0.05) is 16.1 Å². The Labute approximate surface area is 132 Å². The summed E-state index contributed by atoms with van der Waals surface area (Å²) in [6, 6.07) is 9.06. The zero-order chi connectivity index (χ0) is 15.4. The molecule has 1 unspecified atom stereocenters. The largest absolute Gasteiger partial charge is 0.310 e. The molecule has 2 aromatic carbocycles. The van der Waals surface area contributed by atoms with Crippen molar-refractivity contribution in [3.8, 4) is 0 Å². The zero-order valence-corrected chi connectivity index (χ0v) is 13.0. The summed E-state index contributed by atoms with van der Waals surface area (Å²) in [6.45, 7) is 2.66. The molecule has 5 heteroatoms. The van der Waals surface area contributed by atoms with Gasteiger partial charge in [0.05, 0.1) is 0 Å². The van der Waals surface area contributed by atoms with Gasteiger partial charge in [0.2, 0.25) is 0 Å². The van der Waals surface area contributed by atoms with E-state index < -0.39 is 11.6 Å². The molecule has 2 rings (SSSR count). The quantitative estimate of drug-likeness (QED) is 0.798. The minimum absolute atomic E-state index is 0.149. The van der Waals surface area contributed by atoms with Gasteiger partial charge in [-0.05, 0) is 48.4 Å². The van der Waals surface area contributed by atoms with Gasteiger partial charge in [0.15, 0.2) is 11.6 Å². The zero-order valence-electron chi connectivity index (χ0n) is 11.5. The summed E-state index contributed by atoms with van der Waals surface area (Å²) in [5, 5.41) is 4.38. The second-order valence-electron chi connectivity index (χ2n) is 4.72. The van der Waals surface area contributed by atoms with Gasteiger partial charge in [-0.2, -0.15) is 0 Å². The van der Waals surface area contributed by atoms with Crippen LogP contribution in [0.2, 0.25) is 10.0 Å². The Bertz CT molecular complexity index is 632. The molecule has 0 aliphatic rings. The van der Waals surface area contributed by atoms with E-state index in [1.54, 1.807) is 18.2 Å². The molecule has 0 bridgehead atoms. The van der Waals surface area contributed by atoms with Gasteiger partial charge in [-0.15, -0.1) is 0 Å². The lowest BCUT2D eigenvalue weighted by molar-refractivity contribution is 0.497. The maximum absolute atomic E-state index is 13.4. The Morgan fingerprint density at radius 1 is 1.05 bits per heavy atom. The second kappa shape index (κ2) is 7.21. The summed E-state index contributed by atoms with van der Waals surface area (Å²) in [5.74, 6) is -1.70. The van der Waals surface area contributed by atoms with Crippen molar-refractivity contribution in [3.05, 3.63) is 69.2 Å². The summed E-state index contributed by atoms with van der Waals surface area (Å²) in [5.41, 5.74) is 1.58. The molecule has 2 aromatic rings. The Hall–Kier alpha value is -1.16. The molecule has 21 heavy (non-hydrogen) atoms. The van der Waals surface area contributed by atoms with E-state index in [1.807, 2.05) is 13.0 Å². The Balaban J connectivity index is 2.28. The molecule has 0 aliphatic carbocycles. The molecule has 0 radical (unpaired) electrons. The smallest absolute Gasteiger partial charge is 0.159 e. The van der Waals surface area contributed by atoms with Crippen molar-refractivity contribution in [3.63, 3.8) is 0 Å². The third kappa shape index (κ3) is 4.16. The van der Waals surface area contributed by atoms with Crippen molar-refractivity contribution in [2.24, 2.45) is 0 Å². The first-order valence-electron chi connectivity index (χ1n) is 6.63. The van der Waals surface area contributed by atoms with Crippen LogP contribution < -0.4 is 5.32 Å². The molecule has 0 spiro atoms. The highest BCUT2D eigenvalue weighted by Gasteiger charge is 2.15. The van der Waals surface area contributed by atoms with E-state index >= 15 is 0 Å². The Morgan fingerprint density at radius 2 is 1.81 bits per heavy atom. The Morgan fingerprint density at radius 3 is 2.43 bits per heavy atom. The summed E-state index contributed by atoms with van der Waals surface area (Å²) in [7, 11) is 0. The summed E-state index contributed by atoms with van der Waals surface area (Å²) < 4.78 is 26.5. The molecule has 0 saturated heterocycles. The highest BCUT2D eigenvalue weighted by Crippen LogP contribution is 2.27. The third-order valence-corrected chi connectivity index (χ3v) is 3.82. The monoisotopic (exact) mass is 329 g/mol. The van der Waals surface area contributed by atoms with Crippen LogP contribution in [0.15, 0.2) is 36.4 Å². The second-order valence-corrected chi connectivity index (χ2v) is 5.57. The van der Waals surface area contributed by atoms with Crippen molar-refractivity contribution >= 4 is 23.2 Å². The van der Waals surface area contributed by atoms with E-state index in [1.165, 1.54) is 6.07 Å². The molecule has 112 valence electrons. The van der Waals surface area contributed by atoms with Crippen molar-refractivity contribution in [1.82, 2.24) is 5.32 Å². The minimum Gasteiger partial charge on any atom is -0.310 e. The first kappa shape index (κ1) is 16.2. The molecule has 1 N–H and O–H groups in total. The van der Waals surface area contributed by atoms with Gasteiger partial charge >= 0.3 is 0 Å². The van der Waals surface area contributed by atoms with E-state index in [4.69, 9.17) is 23.2 Å². The predicted octanol–water partition coefficient (Wildman–Crippen LogP) is 5.16. The summed E-state index contributed by atoms with van der Waals surface area (Å²) in [6.07, 6.45) is 0.564. The number of hydrogen-bond donors (Lipinski definition) is 1. The molecular formula is C16H15Cl2F2N. The van der Waals surface area contributed by atoms with Gasteiger partial charge in [-0.3, -0.25) is 0 Å². The fraction of sp³-hybridized carbons (Fsp3) is 0.250. The van der Waals surface area contributed by atoms with Crippen LogP contribution in [0.25, 0.3) is 0 Å². The van der Waals surface area contributed by atoms with E-state index in [0.717, 1.165) is 11.6 Å². The van der Waals surface area contributed by atoms with Crippen LogP contribution in [0.3, 0.4) is 0 Å². The van der Waals surface area contributed by atoms with Crippen molar-refractivity contribution in [1.29, 1.82) is 0 Å². The lowest BCUT2D eigenvalue weighted by Gasteiger charge is -2.19. The molecule has 0 heterocycles. The van der Waals surface area contributed by atoms with Crippen LogP contribution in [-0.4, -0.2) is 6.54 Å². The van der Waals surface area contributed by atoms with Crippen LogP contribution >= 0.6 is 23.2 Å². The van der Waals surface area contributed by atoms with Crippen LogP contribution in [0.5, 0.6) is 0 Å². The fourth-order valence-electron chi connectivity index (χ4n) is 2.19. The first-order valence-corrected chi connectivity index (χ1v) is 7.39. The van der Waals surface area contributed by atoms with Gasteiger partial charge in [0.1, 0.15) is 0 Å². The van der Waals surface area contributed by atoms with E-state index in [0.29, 0.717) is 28.6 Å². The first-order chi connectivity index (χ1) is 10.0.